The lowest BCUT2D eigenvalue weighted by Crippen LogP contribution is -2.61. The summed E-state index contributed by atoms with van der Waals surface area (Å²) in [6.45, 7) is 3.60. The topological polar surface area (TPSA) is 143 Å². The van der Waals surface area contributed by atoms with Crippen molar-refractivity contribution < 1.29 is 27.8 Å². The molecule has 2 heterocycles. The van der Waals surface area contributed by atoms with Crippen LogP contribution in [0.2, 0.25) is 0 Å². The number of nitro benzene ring substituents is 1. The zero-order chi connectivity index (χ0) is 22.6. The molecule has 31 heavy (non-hydrogen) atoms. The zero-order valence-corrected chi connectivity index (χ0v) is 18.2. The van der Waals surface area contributed by atoms with Crippen molar-refractivity contribution in [1.29, 1.82) is 0 Å². The summed E-state index contributed by atoms with van der Waals surface area (Å²) in [4.78, 5) is 22.8. The van der Waals surface area contributed by atoms with Gasteiger partial charge in [-0.1, -0.05) is 0 Å². The van der Waals surface area contributed by atoms with Gasteiger partial charge in [0.25, 0.3) is 11.6 Å². The Bertz CT molecular complexity index is 1320. The molecular weight excluding hydrogens is 446 g/mol. The summed E-state index contributed by atoms with van der Waals surface area (Å²) < 4.78 is 33.0. The van der Waals surface area contributed by atoms with Crippen LogP contribution in [0.25, 0.3) is 21.9 Å². The lowest BCUT2D eigenvalue weighted by atomic mass is 10.0. The van der Waals surface area contributed by atoms with Gasteiger partial charge < -0.3 is 4.42 Å². The SMILES string of the molecule is CC1(C)SCCN(S(=O)(=O)c2ccc3oc4cc([N+](=O)[O-])ccc4c3c2)[C@H]1C(=O)NO. The van der Waals surface area contributed by atoms with Crippen LogP contribution in [0.3, 0.4) is 0 Å². The van der Waals surface area contributed by atoms with Crippen LogP contribution in [0, 0.1) is 10.1 Å². The predicted molar refractivity (Wildman–Crippen MR) is 115 cm³/mol. The Morgan fingerprint density at radius 3 is 2.68 bits per heavy atom. The molecule has 10 nitrogen and oxygen atoms in total. The Kier molecular flexibility index (Phi) is 5.20. The molecule has 1 aliphatic rings. The van der Waals surface area contributed by atoms with Crippen molar-refractivity contribution in [3.63, 3.8) is 0 Å². The van der Waals surface area contributed by atoms with Gasteiger partial charge in [-0.15, -0.1) is 0 Å². The van der Waals surface area contributed by atoms with Crippen LogP contribution in [0.15, 0.2) is 45.7 Å². The van der Waals surface area contributed by atoms with E-state index in [0.717, 1.165) is 4.31 Å². The van der Waals surface area contributed by atoms with Gasteiger partial charge in [0.05, 0.1) is 15.9 Å². The second kappa shape index (κ2) is 7.48. The van der Waals surface area contributed by atoms with E-state index in [2.05, 4.69) is 0 Å². The molecule has 164 valence electrons. The minimum absolute atomic E-state index is 0.0421. The molecule has 0 bridgehead atoms. The molecule has 0 saturated carbocycles. The number of hydrogen-bond donors (Lipinski definition) is 2. The molecule has 1 aliphatic heterocycles. The van der Waals surface area contributed by atoms with E-state index in [1.54, 1.807) is 19.3 Å². The van der Waals surface area contributed by atoms with Crippen LogP contribution in [-0.4, -0.2) is 51.8 Å². The van der Waals surface area contributed by atoms with E-state index >= 15 is 0 Å². The second-order valence-corrected chi connectivity index (χ2v) is 11.3. The lowest BCUT2D eigenvalue weighted by molar-refractivity contribution is -0.384. The number of nitrogens with zero attached hydrogens (tertiary/aromatic N) is 2. The van der Waals surface area contributed by atoms with Gasteiger partial charge in [-0.25, -0.2) is 13.9 Å². The van der Waals surface area contributed by atoms with E-state index in [4.69, 9.17) is 4.42 Å². The molecule has 1 atom stereocenters. The van der Waals surface area contributed by atoms with Gasteiger partial charge in [-0.3, -0.25) is 20.1 Å². The molecule has 1 fully saturated rings. The third-order valence-corrected chi connectivity index (χ3v) is 8.55. The van der Waals surface area contributed by atoms with E-state index in [1.165, 1.54) is 48.2 Å². The first-order valence-electron chi connectivity index (χ1n) is 9.27. The number of hydrogen-bond acceptors (Lipinski definition) is 8. The van der Waals surface area contributed by atoms with E-state index in [1.807, 2.05) is 0 Å². The monoisotopic (exact) mass is 465 g/mol. The van der Waals surface area contributed by atoms with Crippen molar-refractivity contribution in [3.8, 4) is 0 Å². The fourth-order valence-electron chi connectivity index (χ4n) is 3.87. The van der Waals surface area contributed by atoms with Crippen LogP contribution in [0.5, 0.6) is 0 Å². The average Bonchev–Trinajstić information content (AvgIpc) is 3.09. The highest BCUT2D eigenvalue weighted by Crippen LogP contribution is 2.39. The number of non-ortho nitro benzene ring substituents is 1. The number of rotatable bonds is 4. The number of benzene rings is 2. The number of furan rings is 1. The molecule has 12 heteroatoms. The van der Waals surface area contributed by atoms with Gasteiger partial charge in [0.1, 0.15) is 17.2 Å². The third-order valence-electron chi connectivity index (χ3n) is 5.33. The maximum absolute atomic E-state index is 13.5. The fourth-order valence-corrected chi connectivity index (χ4v) is 7.01. The fraction of sp³-hybridized carbons (Fsp3) is 0.316. The maximum Gasteiger partial charge on any atom is 0.273 e. The van der Waals surface area contributed by atoms with Crippen molar-refractivity contribution in [1.82, 2.24) is 9.79 Å². The van der Waals surface area contributed by atoms with Crippen LogP contribution >= 0.6 is 11.8 Å². The molecule has 1 saturated heterocycles. The smallest absolute Gasteiger partial charge is 0.273 e. The number of nitrogens with one attached hydrogen (secondary N) is 1. The second-order valence-electron chi connectivity index (χ2n) is 7.64. The summed E-state index contributed by atoms with van der Waals surface area (Å²) in [6.07, 6.45) is 0. The number of nitro groups is 1. The van der Waals surface area contributed by atoms with Gasteiger partial charge in [-0.05, 0) is 38.1 Å². The highest BCUT2D eigenvalue weighted by atomic mass is 32.2. The van der Waals surface area contributed by atoms with Gasteiger partial charge in [-0.2, -0.15) is 16.1 Å². The standard InChI is InChI=1S/C19H19N3O7S2/c1-19(2)17(18(23)20-24)21(7-8-30-19)31(27,28)12-4-6-15-14(10-12)13-5-3-11(22(25)26)9-16(13)29-15/h3-6,9-10,17,24H,7-8H2,1-2H3,(H,20,23)/t17-/m0/s1. The summed E-state index contributed by atoms with van der Waals surface area (Å²) in [5, 5.41) is 21.2. The Morgan fingerprint density at radius 1 is 1.26 bits per heavy atom. The van der Waals surface area contributed by atoms with Crippen molar-refractivity contribution in [2.24, 2.45) is 0 Å². The molecule has 0 spiro atoms. The molecule has 1 aromatic heterocycles. The normalized spacial score (nSPS) is 19.5. The van der Waals surface area contributed by atoms with Crippen molar-refractivity contribution in [3.05, 3.63) is 46.5 Å². The third kappa shape index (κ3) is 3.55. The first-order valence-corrected chi connectivity index (χ1v) is 11.7. The molecule has 2 aromatic carbocycles. The molecule has 0 aliphatic carbocycles. The molecule has 4 rings (SSSR count). The van der Waals surface area contributed by atoms with Gasteiger partial charge in [0.2, 0.25) is 10.0 Å². The number of fused-ring (bicyclic) bond motifs is 3. The number of amides is 1. The van der Waals surface area contributed by atoms with Crippen LogP contribution in [-0.2, 0) is 14.8 Å². The number of carbonyl (C=O) groups is 1. The van der Waals surface area contributed by atoms with E-state index in [-0.39, 0.29) is 22.7 Å². The van der Waals surface area contributed by atoms with Gasteiger partial charge >= 0.3 is 0 Å². The van der Waals surface area contributed by atoms with Gasteiger partial charge in [0.15, 0.2) is 0 Å². The van der Waals surface area contributed by atoms with Gasteiger partial charge in [0, 0.05) is 33.9 Å². The van der Waals surface area contributed by atoms with Crippen LogP contribution in [0.1, 0.15) is 13.8 Å². The predicted octanol–water partition coefficient (Wildman–Crippen LogP) is 2.88. The van der Waals surface area contributed by atoms with Crippen LogP contribution in [0.4, 0.5) is 5.69 Å². The van der Waals surface area contributed by atoms with E-state index in [9.17, 15) is 28.5 Å². The largest absolute Gasteiger partial charge is 0.456 e. The summed E-state index contributed by atoms with van der Waals surface area (Å²) in [6, 6.07) is 7.31. The average molecular weight is 466 g/mol. The first kappa shape index (κ1) is 21.6. The number of sulfonamides is 1. The minimum atomic E-state index is -4.10. The summed E-state index contributed by atoms with van der Waals surface area (Å²) in [5.74, 6) is -0.315. The number of hydroxylamine groups is 1. The van der Waals surface area contributed by atoms with Crippen molar-refractivity contribution >= 4 is 55.3 Å². The highest BCUT2D eigenvalue weighted by molar-refractivity contribution is 8.01. The summed E-state index contributed by atoms with van der Waals surface area (Å²) >= 11 is 1.45. The molecular formula is C19H19N3O7S2. The molecule has 2 N–H and O–H groups in total. The minimum Gasteiger partial charge on any atom is -0.456 e. The van der Waals surface area contributed by atoms with Crippen molar-refractivity contribution in [2.75, 3.05) is 12.3 Å². The lowest BCUT2D eigenvalue weighted by Gasteiger charge is -2.43. The Labute approximate surface area is 181 Å². The highest BCUT2D eigenvalue weighted by Gasteiger charge is 2.48. The molecule has 0 radical (unpaired) electrons. The molecule has 0 unspecified atom stereocenters. The van der Waals surface area contributed by atoms with Crippen molar-refractivity contribution in [2.45, 2.75) is 29.5 Å². The Balaban J connectivity index is 1.83. The zero-order valence-electron chi connectivity index (χ0n) is 16.6. The van der Waals surface area contributed by atoms with E-state index < -0.39 is 31.6 Å². The Hall–Kier alpha value is -2.67. The Morgan fingerprint density at radius 2 is 2.00 bits per heavy atom. The van der Waals surface area contributed by atoms with E-state index in [0.29, 0.717) is 22.1 Å². The number of carbonyl (C=O) groups excluding carboxylic acids is 1. The molecule has 3 aromatic rings. The van der Waals surface area contributed by atoms with Crippen LogP contribution < -0.4 is 5.48 Å². The maximum atomic E-state index is 13.5. The summed E-state index contributed by atoms with van der Waals surface area (Å²) in [7, 11) is -4.10. The summed E-state index contributed by atoms with van der Waals surface area (Å²) in [5.41, 5.74) is 2.10. The number of thioether (sulfide) groups is 1. The first-order chi connectivity index (χ1) is 14.6. The molecule has 1 amide bonds. The quantitative estimate of drug-likeness (QED) is 0.340.